The highest BCUT2D eigenvalue weighted by Gasteiger charge is 2.28. The molecule has 0 N–H and O–H groups in total. The highest BCUT2D eigenvalue weighted by molar-refractivity contribution is 6.37. The van der Waals surface area contributed by atoms with Crippen molar-refractivity contribution in [2.24, 2.45) is 0 Å². The summed E-state index contributed by atoms with van der Waals surface area (Å²) in [5.41, 5.74) is 17.4. The van der Waals surface area contributed by atoms with E-state index < -0.39 is 0 Å². The second kappa shape index (κ2) is 32.0. The fourth-order valence-electron chi connectivity index (χ4n) is 22.3. The molecule has 0 amide bonds. The van der Waals surface area contributed by atoms with Gasteiger partial charge in [0.2, 0.25) is 11.9 Å². The van der Waals surface area contributed by atoms with Crippen LogP contribution in [-0.4, -0.2) is 48.6 Å². The smallest absolute Gasteiger partial charge is 0.238 e. The standard InChI is InChI=1S/C45H28N4.2C42H25N3/c1-3-13-29(14-4-1)30-25-27-32(28-26-30)44-46-43(31-15-5-2-6-16-31)47-45(48-44)49-39-23-11-21-37-35-19-9-7-17-33(35)34-18-8-10-20-36(34)38-22-12-24-40(49)42(38)41(37)39;1-2-13-27(14-3-1)40-42(44-41-28-15-5-4-12-26(28)24-25-35(41)43-40)45-36-22-10-20-33-31-18-8-6-16-29(31)30-17-7-9-19-32(30)34-21-11-23-37(45)39(34)38(33)36;1-2-13-27(14-3-1)41-38-28-15-5-4-12-26(28)24-25-35(38)43-42(44-41)45-36-22-10-20-33-31-18-8-6-16-29(31)30-17-7-9-19-32(30)34-21-11-23-37(45)40(34)39(33)36/h1-28H;2*1-25H. The Morgan fingerprint density at radius 2 is 0.403 bits per heavy atom. The molecule has 24 aromatic carbocycles. The lowest BCUT2D eigenvalue weighted by atomic mass is 9.95. The Balaban J connectivity index is 0.000000103. The Hall–Kier alpha value is -18.8. The van der Waals surface area contributed by atoms with Gasteiger partial charge in [0.15, 0.2) is 17.5 Å². The van der Waals surface area contributed by atoms with Gasteiger partial charge in [-0.2, -0.15) is 9.97 Å². The molecule has 0 atom stereocenters. The van der Waals surface area contributed by atoms with Gasteiger partial charge in [-0.1, -0.05) is 425 Å². The van der Waals surface area contributed by atoms with Gasteiger partial charge < -0.3 is 0 Å². The molecule has 6 heterocycles. The maximum atomic E-state index is 5.54. The number of benzene rings is 21. The molecule has 139 heavy (non-hydrogen) atoms. The molecular weight excluding hydrogens is 1690 g/mol. The number of hydrogen-bond donors (Lipinski definition) is 0. The topological polar surface area (TPSA) is 105 Å². The van der Waals surface area contributed by atoms with Gasteiger partial charge in [0.25, 0.3) is 0 Å². The number of nitrogens with zero attached hydrogens (tertiary/aromatic N) is 10. The number of fused-ring (bicyclic) bond motifs is 21. The second-order valence-corrected chi connectivity index (χ2v) is 35.9. The van der Waals surface area contributed by atoms with Crippen LogP contribution in [0.15, 0.2) is 473 Å². The maximum Gasteiger partial charge on any atom is 0.238 e. The van der Waals surface area contributed by atoms with Crippen molar-refractivity contribution in [3.05, 3.63) is 473 Å². The number of rotatable bonds is 8. The van der Waals surface area contributed by atoms with Crippen molar-refractivity contribution in [2.45, 2.75) is 0 Å². The summed E-state index contributed by atoms with van der Waals surface area (Å²) in [6, 6.07) is 168. The number of aromatic nitrogens is 10. The number of hydrogen-bond acceptors (Lipinski definition) is 7. The van der Waals surface area contributed by atoms with E-state index in [0.29, 0.717) is 23.5 Å². The molecule has 0 bridgehead atoms. The van der Waals surface area contributed by atoms with E-state index in [9.17, 15) is 0 Å². The van der Waals surface area contributed by atoms with Gasteiger partial charge in [-0.05, 0) is 173 Å². The zero-order valence-electron chi connectivity index (χ0n) is 75.0. The zero-order chi connectivity index (χ0) is 91.3. The highest BCUT2D eigenvalue weighted by Crippen LogP contribution is 2.49. The van der Waals surface area contributed by atoms with Crippen molar-refractivity contribution in [3.63, 3.8) is 0 Å². The van der Waals surface area contributed by atoms with Crippen molar-refractivity contribution in [2.75, 3.05) is 0 Å². The average molecular weight is 1770 g/mol. The molecule has 0 radical (unpaired) electrons. The molecule has 0 aliphatic rings. The van der Waals surface area contributed by atoms with E-state index >= 15 is 0 Å². The van der Waals surface area contributed by atoms with Crippen LogP contribution in [-0.2, 0) is 0 Å². The highest BCUT2D eigenvalue weighted by atomic mass is 15.2. The SMILES string of the molecule is c1ccc(-c2ccc(-c3nc(-c4ccccc4)nc(-n4c5cccc6c7ccccc7c7ccccc7c7cccc4c7c65)n3)cc2)cc1.c1ccc(-c2nc(-n3c4cccc5c6ccccc6c6ccccc6c6cccc3c6c54)nc3ccc4ccccc4c23)cc1.c1ccc(-c2nc3ccc4ccccc4c3nc2-n2c3cccc4c5ccccc5c5ccccc5c5cccc2c5c43)cc1. The first kappa shape index (κ1) is 78.8. The molecule has 0 fully saturated rings. The first-order chi connectivity index (χ1) is 69.0. The van der Waals surface area contributed by atoms with Crippen molar-refractivity contribution in [3.8, 4) is 74.1 Å². The Morgan fingerprint density at radius 1 is 0.137 bits per heavy atom. The van der Waals surface area contributed by atoms with Gasteiger partial charge in [-0.15, -0.1) is 0 Å². The fourth-order valence-corrected chi connectivity index (χ4v) is 22.3. The second-order valence-electron chi connectivity index (χ2n) is 35.9. The third kappa shape index (κ3) is 12.6. The van der Waals surface area contributed by atoms with Gasteiger partial charge in [-0.3, -0.25) is 13.7 Å². The minimum Gasteiger partial charge on any atom is -0.292 e. The first-order valence-electron chi connectivity index (χ1n) is 47.3. The molecule has 10 heteroatoms. The minimum atomic E-state index is 0.589. The molecular formula is C129H78N10. The lowest BCUT2D eigenvalue weighted by molar-refractivity contribution is 0.954. The van der Waals surface area contributed by atoms with Crippen LogP contribution in [0.5, 0.6) is 0 Å². The molecule has 0 saturated heterocycles. The summed E-state index contributed by atoms with van der Waals surface area (Å²) in [6.07, 6.45) is 0. The van der Waals surface area contributed by atoms with Crippen molar-refractivity contribution in [1.82, 2.24) is 48.6 Å². The fraction of sp³-hybridized carbons (Fsp3) is 0. The molecule has 0 unspecified atom stereocenters. The largest absolute Gasteiger partial charge is 0.292 e. The molecule has 0 spiro atoms. The molecule has 0 aliphatic carbocycles. The Morgan fingerprint density at radius 3 is 0.784 bits per heavy atom. The lowest BCUT2D eigenvalue weighted by Gasteiger charge is -2.14. The molecule has 10 nitrogen and oxygen atoms in total. The third-order valence-electron chi connectivity index (χ3n) is 28.4. The molecule has 0 saturated carbocycles. The van der Waals surface area contributed by atoms with E-state index in [1.165, 1.54) is 140 Å². The quantitative estimate of drug-likeness (QED) is 0.140. The van der Waals surface area contributed by atoms with Crippen LogP contribution in [0.4, 0.5) is 0 Å². The van der Waals surface area contributed by atoms with Crippen molar-refractivity contribution in [1.29, 1.82) is 0 Å². The minimum absolute atomic E-state index is 0.589. The first-order valence-corrected chi connectivity index (χ1v) is 47.3. The zero-order valence-corrected chi connectivity index (χ0v) is 75.0. The monoisotopic (exact) mass is 1770 g/mol. The van der Waals surface area contributed by atoms with Crippen LogP contribution < -0.4 is 0 Å². The van der Waals surface area contributed by atoms with E-state index in [-0.39, 0.29) is 0 Å². The molecule has 0 aliphatic heterocycles. The van der Waals surface area contributed by atoms with Gasteiger partial charge in [-0.25, -0.2) is 24.9 Å². The normalized spacial score (nSPS) is 11.9. The van der Waals surface area contributed by atoms with Gasteiger partial charge in [0.05, 0.1) is 55.3 Å². The molecule has 30 aromatic rings. The van der Waals surface area contributed by atoms with Crippen LogP contribution in [0.2, 0.25) is 0 Å². The lowest BCUT2D eigenvalue weighted by Crippen LogP contribution is -2.06. The predicted octanol–water partition coefficient (Wildman–Crippen LogP) is 33.4. The summed E-state index contributed by atoms with van der Waals surface area (Å²) in [4.78, 5) is 37.1. The van der Waals surface area contributed by atoms with Crippen LogP contribution >= 0.6 is 0 Å². The third-order valence-corrected chi connectivity index (χ3v) is 28.4. The maximum absolute atomic E-state index is 5.54. The molecule has 6 aromatic heterocycles. The summed E-state index contributed by atoms with van der Waals surface area (Å²) in [6.45, 7) is 0. The van der Waals surface area contributed by atoms with E-state index in [4.69, 9.17) is 34.9 Å². The van der Waals surface area contributed by atoms with Crippen molar-refractivity contribution < 1.29 is 0 Å². The Bertz CT molecular complexity index is 10000. The summed E-state index contributed by atoms with van der Waals surface area (Å²) in [5.74, 6) is 3.36. The Kier molecular flexibility index (Phi) is 18.1. The molecule has 644 valence electrons. The van der Waals surface area contributed by atoms with Crippen LogP contribution in [0.1, 0.15) is 0 Å². The summed E-state index contributed by atoms with van der Waals surface area (Å²) in [5, 5.41) is 35.2. The summed E-state index contributed by atoms with van der Waals surface area (Å²) < 4.78 is 6.85. The predicted molar refractivity (Wildman–Crippen MR) is 582 cm³/mol. The van der Waals surface area contributed by atoms with Crippen molar-refractivity contribution >= 4 is 206 Å². The Labute approximate surface area is 796 Å². The molecule has 30 rings (SSSR count). The van der Waals surface area contributed by atoms with E-state index in [2.05, 4.69) is 463 Å². The van der Waals surface area contributed by atoms with Crippen LogP contribution in [0, 0.1) is 0 Å². The van der Waals surface area contributed by atoms with Gasteiger partial charge >= 0.3 is 0 Å². The average Bonchev–Trinajstić information content (AvgIpc) is 1.56. The summed E-state index contributed by atoms with van der Waals surface area (Å²) >= 11 is 0. The van der Waals surface area contributed by atoms with E-state index in [0.717, 1.165) is 116 Å². The van der Waals surface area contributed by atoms with Crippen LogP contribution in [0.3, 0.4) is 0 Å². The van der Waals surface area contributed by atoms with Crippen LogP contribution in [0.25, 0.3) is 280 Å². The van der Waals surface area contributed by atoms with E-state index in [1.54, 1.807) is 0 Å². The van der Waals surface area contributed by atoms with Gasteiger partial charge in [0.1, 0.15) is 5.69 Å². The van der Waals surface area contributed by atoms with E-state index in [1.807, 2.05) is 24.3 Å². The summed E-state index contributed by atoms with van der Waals surface area (Å²) in [7, 11) is 0. The van der Waals surface area contributed by atoms with Gasteiger partial charge in [0, 0.05) is 65.3 Å².